The highest BCUT2D eigenvalue weighted by atomic mass is 16.6. The molecule has 4 rings (SSSR count). The Bertz CT molecular complexity index is 1580. The number of carbonyl (C=O) groups is 4. The Kier molecular flexibility index (Phi) is 12.0. The number of nitrogens with zero attached hydrogens (tertiary/aromatic N) is 3. The molecule has 1 aliphatic heterocycles. The van der Waals surface area contributed by atoms with Crippen molar-refractivity contribution >= 4 is 41.0 Å². The molecular formula is C33H38N8O6. The predicted molar refractivity (Wildman–Crippen MR) is 176 cm³/mol. The highest BCUT2D eigenvalue weighted by Gasteiger charge is 2.37. The minimum absolute atomic E-state index is 0.113. The molecule has 0 aromatic heterocycles. The summed E-state index contributed by atoms with van der Waals surface area (Å²) in [6.07, 6.45) is 1.69. The van der Waals surface area contributed by atoms with Crippen molar-refractivity contribution in [3.05, 3.63) is 106 Å². The number of guanidine groups is 1. The minimum Gasteiger partial charge on any atom is -0.370 e. The monoisotopic (exact) mass is 642 g/mol. The Labute approximate surface area is 271 Å². The van der Waals surface area contributed by atoms with Crippen molar-refractivity contribution in [1.29, 1.82) is 0 Å². The lowest BCUT2D eigenvalue weighted by Gasteiger charge is -2.27. The van der Waals surface area contributed by atoms with E-state index in [2.05, 4.69) is 20.9 Å². The number of amides is 4. The number of non-ortho nitro benzene ring substituents is 1. The van der Waals surface area contributed by atoms with Crippen LogP contribution in [0.1, 0.15) is 41.6 Å². The molecule has 14 nitrogen and oxygen atoms in total. The summed E-state index contributed by atoms with van der Waals surface area (Å²) < 4.78 is 0. The number of rotatable bonds is 14. The van der Waals surface area contributed by atoms with Gasteiger partial charge in [0.25, 0.3) is 11.6 Å². The average Bonchev–Trinajstić information content (AvgIpc) is 3.57. The van der Waals surface area contributed by atoms with E-state index in [1.807, 2.05) is 30.3 Å². The fourth-order valence-electron chi connectivity index (χ4n) is 5.30. The molecule has 246 valence electrons. The first-order valence-electron chi connectivity index (χ1n) is 15.2. The van der Waals surface area contributed by atoms with Crippen LogP contribution in [0.15, 0.2) is 89.9 Å². The van der Waals surface area contributed by atoms with Gasteiger partial charge in [0.05, 0.1) is 4.92 Å². The van der Waals surface area contributed by atoms with Crippen LogP contribution in [0.5, 0.6) is 0 Å². The third-order valence-electron chi connectivity index (χ3n) is 7.68. The molecule has 3 aromatic carbocycles. The summed E-state index contributed by atoms with van der Waals surface area (Å²) in [5.74, 6) is -2.03. The third kappa shape index (κ3) is 9.85. The minimum atomic E-state index is -1.08. The van der Waals surface area contributed by atoms with Crippen LogP contribution in [0, 0.1) is 10.1 Å². The number of aliphatic imine (C=N–C) groups is 1. The molecule has 0 bridgehead atoms. The van der Waals surface area contributed by atoms with Gasteiger partial charge in [0, 0.05) is 42.9 Å². The highest BCUT2D eigenvalue weighted by Crippen LogP contribution is 2.21. The first-order valence-corrected chi connectivity index (χ1v) is 15.2. The summed E-state index contributed by atoms with van der Waals surface area (Å²) >= 11 is 0. The number of hydrogen-bond donors (Lipinski definition) is 5. The second-order valence-electron chi connectivity index (χ2n) is 11.1. The van der Waals surface area contributed by atoms with Crippen LogP contribution >= 0.6 is 0 Å². The summed E-state index contributed by atoms with van der Waals surface area (Å²) in [5.41, 5.74) is 12.2. The van der Waals surface area contributed by atoms with Crippen molar-refractivity contribution < 1.29 is 24.1 Å². The molecule has 1 saturated heterocycles. The van der Waals surface area contributed by atoms with Gasteiger partial charge in [-0.05, 0) is 55.5 Å². The summed E-state index contributed by atoms with van der Waals surface area (Å²) in [4.78, 5) is 70.0. The second-order valence-corrected chi connectivity index (χ2v) is 11.1. The third-order valence-corrected chi connectivity index (χ3v) is 7.68. The number of nitrogens with two attached hydrogens (primary N) is 2. The van der Waals surface area contributed by atoms with E-state index < -0.39 is 40.8 Å². The first kappa shape index (κ1) is 34.1. The van der Waals surface area contributed by atoms with Crippen molar-refractivity contribution in [2.75, 3.05) is 18.4 Å². The molecule has 4 amide bonds. The van der Waals surface area contributed by atoms with Crippen LogP contribution in [0.25, 0.3) is 0 Å². The Morgan fingerprint density at radius 1 is 0.894 bits per heavy atom. The van der Waals surface area contributed by atoms with Crippen molar-refractivity contribution in [3.63, 3.8) is 0 Å². The second kappa shape index (κ2) is 16.5. The van der Waals surface area contributed by atoms with Crippen LogP contribution in [0.4, 0.5) is 11.4 Å². The number of anilines is 1. The molecule has 0 unspecified atom stereocenters. The predicted octanol–water partition coefficient (Wildman–Crippen LogP) is 2.10. The lowest BCUT2D eigenvalue weighted by atomic mass is 10.0. The van der Waals surface area contributed by atoms with Gasteiger partial charge in [-0.3, -0.25) is 34.3 Å². The summed E-state index contributed by atoms with van der Waals surface area (Å²) in [7, 11) is 0. The SMILES string of the molecule is NC(N)=NCCC[C@H](NC(=O)[C@H](Cc1ccccc1)NC(=O)[C@H]1CCCN1C(=O)c1ccccc1)C(=O)Nc1ccc([N+](=O)[O-])cc1. The molecule has 0 aliphatic carbocycles. The van der Waals surface area contributed by atoms with Crippen molar-refractivity contribution in [2.24, 2.45) is 16.5 Å². The number of likely N-dealkylation sites (tertiary alicyclic amines) is 1. The van der Waals surface area contributed by atoms with Gasteiger partial charge in [-0.1, -0.05) is 48.5 Å². The Balaban J connectivity index is 1.52. The molecular weight excluding hydrogens is 604 g/mol. The molecule has 1 heterocycles. The molecule has 47 heavy (non-hydrogen) atoms. The largest absolute Gasteiger partial charge is 0.370 e. The zero-order valence-corrected chi connectivity index (χ0v) is 25.7. The normalized spacial score (nSPS) is 15.1. The zero-order valence-electron chi connectivity index (χ0n) is 25.7. The van der Waals surface area contributed by atoms with E-state index in [1.165, 1.54) is 29.2 Å². The molecule has 3 atom stereocenters. The average molecular weight is 643 g/mol. The van der Waals surface area contributed by atoms with Gasteiger partial charge in [0.15, 0.2) is 5.96 Å². The summed E-state index contributed by atoms with van der Waals surface area (Å²) in [5, 5.41) is 19.3. The molecule has 0 saturated carbocycles. The van der Waals surface area contributed by atoms with Gasteiger partial charge >= 0.3 is 0 Å². The van der Waals surface area contributed by atoms with Gasteiger partial charge in [-0.25, -0.2) is 0 Å². The molecule has 14 heteroatoms. The van der Waals surface area contributed by atoms with Crippen LogP contribution in [-0.2, 0) is 20.8 Å². The number of carbonyl (C=O) groups excluding carboxylic acids is 4. The van der Waals surface area contributed by atoms with Crippen LogP contribution in [0.2, 0.25) is 0 Å². The summed E-state index contributed by atoms with van der Waals surface area (Å²) in [6, 6.07) is 20.2. The van der Waals surface area contributed by atoms with Gasteiger partial charge in [0.1, 0.15) is 18.1 Å². The topological polar surface area (TPSA) is 215 Å². The quantitative estimate of drug-likeness (QED) is 0.0576. The van der Waals surface area contributed by atoms with E-state index in [0.29, 0.717) is 37.1 Å². The Morgan fingerprint density at radius 3 is 2.19 bits per heavy atom. The molecule has 1 fully saturated rings. The van der Waals surface area contributed by atoms with Crippen molar-refractivity contribution in [3.8, 4) is 0 Å². The number of hydrogen-bond acceptors (Lipinski definition) is 7. The van der Waals surface area contributed by atoms with E-state index in [-0.39, 0.29) is 36.9 Å². The lowest BCUT2D eigenvalue weighted by Crippen LogP contribution is -2.56. The highest BCUT2D eigenvalue weighted by molar-refractivity contribution is 6.00. The van der Waals surface area contributed by atoms with Crippen LogP contribution < -0.4 is 27.4 Å². The molecule has 0 spiro atoms. The standard InChI is InChI=1S/C33H38N8O6/c34-33(35)36-19-7-13-26(29(42)37-24-15-17-25(18-16-24)41(46)47)38-30(43)27(21-22-9-3-1-4-10-22)39-31(44)28-14-8-20-40(28)32(45)23-11-5-2-6-12-23/h1-6,9-12,15-18,26-28H,7-8,13-14,19-21H2,(H,37,42)(H,38,43)(H,39,44)(H4,34,35,36)/t26-,27-,28+/m0/s1. The van der Waals surface area contributed by atoms with Gasteiger partial charge < -0.3 is 32.3 Å². The molecule has 7 N–H and O–H groups in total. The fraction of sp³-hybridized carbons (Fsp3) is 0.303. The molecule has 1 aliphatic rings. The van der Waals surface area contributed by atoms with E-state index in [0.717, 1.165) is 5.56 Å². The van der Waals surface area contributed by atoms with E-state index in [9.17, 15) is 29.3 Å². The smallest absolute Gasteiger partial charge is 0.269 e. The van der Waals surface area contributed by atoms with Crippen molar-refractivity contribution in [2.45, 2.75) is 50.2 Å². The molecule has 3 aromatic rings. The maximum Gasteiger partial charge on any atom is 0.269 e. The van der Waals surface area contributed by atoms with Gasteiger partial charge in [-0.15, -0.1) is 0 Å². The number of nitrogens with one attached hydrogen (secondary N) is 3. The van der Waals surface area contributed by atoms with Crippen LogP contribution in [0.3, 0.4) is 0 Å². The maximum absolute atomic E-state index is 13.8. The Hall–Kier alpha value is -5.79. The number of nitro benzene ring substituents is 1. The number of nitro groups is 1. The zero-order chi connectivity index (χ0) is 33.8. The lowest BCUT2D eigenvalue weighted by molar-refractivity contribution is -0.384. The van der Waals surface area contributed by atoms with E-state index in [1.54, 1.807) is 30.3 Å². The fourth-order valence-corrected chi connectivity index (χ4v) is 5.30. The van der Waals surface area contributed by atoms with Gasteiger partial charge in [-0.2, -0.15) is 0 Å². The van der Waals surface area contributed by atoms with E-state index >= 15 is 0 Å². The molecule has 0 radical (unpaired) electrons. The van der Waals surface area contributed by atoms with Crippen LogP contribution in [-0.4, -0.2) is 70.6 Å². The Morgan fingerprint density at radius 2 is 1.55 bits per heavy atom. The van der Waals surface area contributed by atoms with Gasteiger partial charge in [0.2, 0.25) is 17.7 Å². The van der Waals surface area contributed by atoms with E-state index in [4.69, 9.17) is 11.5 Å². The maximum atomic E-state index is 13.8. The number of benzene rings is 3. The van der Waals surface area contributed by atoms with Crippen molar-refractivity contribution in [1.82, 2.24) is 15.5 Å². The summed E-state index contributed by atoms with van der Waals surface area (Å²) in [6.45, 7) is 0.610. The first-order chi connectivity index (χ1) is 22.6.